The maximum absolute atomic E-state index is 14.1. The van der Waals surface area contributed by atoms with Crippen molar-refractivity contribution in [3.05, 3.63) is 159 Å². The number of rotatable bonds is 9. The molecule has 3 aromatic carbocycles. The van der Waals surface area contributed by atoms with Crippen molar-refractivity contribution in [3.8, 4) is 28.9 Å². The molecule has 1 aliphatic heterocycles. The number of methoxy groups -OCH3 is 1. The molecule has 6 aromatic rings. The van der Waals surface area contributed by atoms with Gasteiger partial charge < -0.3 is 14.9 Å². The molecule has 1 aliphatic rings. The number of piperidine rings is 1. The highest BCUT2D eigenvalue weighted by atomic mass is 35.5. The zero-order chi connectivity index (χ0) is 38.1. The monoisotopic (exact) mass is 800 g/mol. The van der Waals surface area contributed by atoms with Gasteiger partial charge in [0, 0.05) is 40.6 Å². The lowest BCUT2D eigenvalue weighted by Crippen LogP contribution is -2.33. The van der Waals surface area contributed by atoms with E-state index in [9.17, 15) is 19.8 Å². The van der Waals surface area contributed by atoms with Gasteiger partial charge >= 0.3 is 0 Å². The van der Waals surface area contributed by atoms with Gasteiger partial charge in [-0.1, -0.05) is 41.8 Å². The van der Waals surface area contributed by atoms with E-state index in [1.165, 1.54) is 9.13 Å². The summed E-state index contributed by atoms with van der Waals surface area (Å²) in [6.45, 7) is 1.28. The molecule has 0 bridgehead atoms. The minimum absolute atomic E-state index is 0.0976. The summed E-state index contributed by atoms with van der Waals surface area (Å²) >= 11 is 23.4. The minimum atomic E-state index is -1.36. The number of halogens is 2. The fourth-order valence-corrected chi connectivity index (χ4v) is 8.01. The summed E-state index contributed by atoms with van der Waals surface area (Å²) in [7, 11) is 1.58. The fourth-order valence-electron chi connectivity index (χ4n) is 7.19. The van der Waals surface area contributed by atoms with E-state index in [-0.39, 0.29) is 26.7 Å². The van der Waals surface area contributed by atoms with Gasteiger partial charge in [-0.05, 0) is 122 Å². The number of H-pyrrole nitrogens is 2. The van der Waals surface area contributed by atoms with Crippen molar-refractivity contribution in [3.63, 3.8) is 0 Å². The molecule has 0 aliphatic carbocycles. The van der Waals surface area contributed by atoms with Crippen LogP contribution in [0.4, 0.5) is 0 Å². The summed E-state index contributed by atoms with van der Waals surface area (Å²) in [4.78, 5) is 40.2. The molecule has 276 valence electrons. The highest BCUT2D eigenvalue weighted by Gasteiger charge is 2.33. The van der Waals surface area contributed by atoms with E-state index in [2.05, 4.69) is 25.9 Å². The predicted molar refractivity (Wildman–Crippen MR) is 213 cm³/mol. The Morgan fingerprint density at radius 3 is 1.94 bits per heavy atom. The van der Waals surface area contributed by atoms with Gasteiger partial charge in [0.25, 0.3) is 11.1 Å². The molecule has 1 atom stereocenters. The van der Waals surface area contributed by atoms with Gasteiger partial charge in [-0.25, -0.2) is 0 Å². The fraction of sp³-hybridized carbons (Fsp3) is 0.205. The maximum Gasteiger partial charge on any atom is 0.259 e. The Morgan fingerprint density at radius 1 is 0.852 bits per heavy atom. The Balaban J connectivity index is 1.47. The molecule has 11 nitrogen and oxygen atoms in total. The van der Waals surface area contributed by atoms with E-state index in [4.69, 9.17) is 52.4 Å². The van der Waals surface area contributed by atoms with Crippen LogP contribution in [-0.2, 0) is 6.54 Å². The number of nitrogens with one attached hydrogen (secondary N) is 2. The van der Waals surface area contributed by atoms with E-state index in [1.807, 2.05) is 18.3 Å². The molecule has 3 aromatic heterocycles. The summed E-state index contributed by atoms with van der Waals surface area (Å²) < 4.78 is 8.19. The number of hydrogen-bond donors (Lipinski definition) is 4. The quantitative estimate of drug-likeness (QED) is 0.107. The lowest BCUT2D eigenvalue weighted by atomic mass is 9.85. The number of ether oxygens (including phenoxy) is 1. The Hall–Kier alpha value is -5.05. The molecule has 0 spiro atoms. The molecule has 0 radical (unpaired) electrons. The number of likely N-dealkylation sites (tertiary alicyclic amines) is 1. The standard InChI is InChI=1S/C39H34Cl2N6O5S2/c1-52-30-16-7-22(19-24(30)21-45-18-3-2-6-29(45)23-5-4-17-42-20-23)31(32-34(48)43-38(53)46(36(32)50)27-12-8-25(40)9-13-27)33-35(49)44-39(54)47(37(33)51)28-14-10-26(41)11-15-28/h4-5,7-17,19-20,29,31,50-51H,2-3,6,18,21H2,1H3,(H,43,48,53)(H,44,49,54)/t29-/m0/s1. The van der Waals surface area contributed by atoms with Crippen molar-refractivity contribution in [2.75, 3.05) is 13.7 Å². The lowest BCUT2D eigenvalue weighted by Gasteiger charge is -2.36. The van der Waals surface area contributed by atoms with Crippen LogP contribution in [0.2, 0.25) is 10.0 Å². The van der Waals surface area contributed by atoms with Crippen molar-refractivity contribution in [2.45, 2.75) is 37.8 Å². The Kier molecular flexibility index (Phi) is 10.9. The van der Waals surface area contributed by atoms with E-state index < -0.39 is 28.8 Å². The van der Waals surface area contributed by atoms with Crippen LogP contribution >= 0.6 is 47.6 Å². The SMILES string of the molecule is COc1ccc(C(c2c(O)n(-c3ccc(Cl)cc3)c(=S)[nH]c2=O)c2c(O)n(-c3ccc(Cl)cc3)c(=S)[nH]c2=O)cc1CN1CCCC[C@H]1c1cccnc1. The third-order valence-electron chi connectivity index (χ3n) is 9.68. The summed E-state index contributed by atoms with van der Waals surface area (Å²) in [5.74, 6) is -1.86. The largest absolute Gasteiger partial charge is 0.496 e. The second kappa shape index (κ2) is 15.7. The van der Waals surface area contributed by atoms with Gasteiger partial charge in [0.1, 0.15) is 5.75 Å². The first-order valence-corrected chi connectivity index (χ1v) is 18.6. The molecule has 4 N–H and O–H groups in total. The number of aromatic nitrogens is 5. The van der Waals surface area contributed by atoms with Gasteiger partial charge in [0.2, 0.25) is 11.8 Å². The normalized spacial score (nSPS) is 14.7. The summed E-state index contributed by atoms with van der Waals surface area (Å²) in [5, 5.41) is 25.1. The van der Waals surface area contributed by atoms with Crippen LogP contribution in [-0.4, -0.2) is 52.9 Å². The van der Waals surface area contributed by atoms with Gasteiger partial charge in [-0.2, -0.15) is 0 Å². The van der Waals surface area contributed by atoms with Gasteiger partial charge in [0.15, 0.2) is 9.54 Å². The topological polar surface area (TPSA) is 141 Å². The van der Waals surface area contributed by atoms with Crippen LogP contribution in [0.3, 0.4) is 0 Å². The zero-order valence-corrected chi connectivity index (χ0v) is 32.0. The van der Waals surface area contributed by atoms with Crippen LogP contribution < -0.4 is 15.9 Å². The van der Waals surface area contributed by atoms with Gasteiger partial charge in [0.05, 0.1) is 35.5 Å². The number of nitrogens with zero attached hydrogens (tertiary/aromatic N) is 4. The molecule has 54 heavy (non-hydrogen) atoms. The summed E-state index contributed by atoms with van der Waals surface area (Å²) in [6, 6.07) is 22.3. The Labute approximate surface area is 329 Å². The smallest absolute Gasteiger partial charge is 0.259 e. The van der Waals surface area contributed by atoms with Gasteiger partial charge in [-0.15, -0.1) is 0 Å². The molecule has 4 heterocycles. The first kappa shape index (κ1) is 37.3. The summed E-state index contributed by atoms with van der Waals surface area (Å²) in [5.41, 5.74) is 1.04. The lowest BCUT2D eigenvalue weighted by molar-refractivity contribution is 0.139. The van der Waals surface area contributed by atoms with Crippen molar-refractivity contribution in [2.24, 2.45) is 0 Å². The molecule has 0 unspecified atom stereocenters. The van der Waals surface area contributed by atoms with Crippen LogP contribution in [0, 0.1) is 9.54 Å². The van der Waals surface area contributed by atoms with E-state index in [0.717, 1.165) is 36.9 Å². The number of aromatic hydroxyl groups is 2. The number of benzene rings is 3. The van der Waals surface area contributed by atoms with E-state index >= 15 is 0 Å². The maximum atomic E-state index is 14.1. The van der Waals surface area contributed by atoms with E-state index in [0.29, 0.717) is 39.3 Å². The average molecular weight is 802 g/mol. The first-order valence-electron chi connectivity index (χ1n) is 17.0. The van der Waals surface area contributed by atoms with Crippen molar-refractivity contribution < 1.29 is 14.9 Å². The molecule has 1 fully saturated rings. The number of pyridine rings is 1. The molecule has 15 heteroatoms. The highest BCUT2D eigenvalue weighted by Crippen LogP contribution is 2.41. The third-order valence-corrected chi connectivity index (χ3v) is 10.8. The van der Waals surface area contributed by atoms with Crippen LogP contribution in [0.15, 0.2) is 101 Å². The minimum Gasteiger partial charge on any atom is -0.496 e. The molecule has 0 saturated carbocycles. The van der Waals surface area contributed by atoms with Crippen molar-refractivity contribution in [1.82, 2.24) is 29.0 Å². The molecule has 1 saturated heterocycles. The zero-order valence-electron chi connectivity index (χ0n) is 28.8. The third kappa shape index (κ3) is 7.25. The summed E-state index contributed by atoms with van der Waals surface area (Å²) in [6.07, 6.45) is 6.65. The van der Waals surface area contributed by atoms with E-state index in [1.54, 1.807) is 74.0 Å². The Morgan fingerprint density at radius 2 is 1.43 bits per heavy atom. The van der Waals surface area contributed by atoms with Crippen molar-refractivity contribution >= 4 is 47.6 Å². The Bertz CT molecular complexity index is 2450. The number of hydrogen-bond acceptors (Lipinski definition) is 9. The van der Waals surface area contributed by atoms with Crippen molar-refractivity contribution in [1.29, 1.82) is 0 Å². The predicted octanol–water partition coefficient (Wildman–Crippen LogP) is 8.13. The van der Waals surface area contributed by atoms with Crippen LogP contribution in [0.25, 0.3) is 11.4 Å². The molecular weight excluding hydrogens is 768 g/mol. The molecule has 7 rings (SSSR count). The molecule has 0 amide bonds. The van der Waals surface area contributed by atoms with Crippen LogP contribution in [0.1, 0.15) is 59.0 Å². The highest BCUT2D eigenvalue weighted by molar-refractivity contribution is 7.71. The second-order valence-electron chi connectivity index (χ2n) is 12.9. The second-order valence-corrected chi connectivity index (χ2v) is 14.5. The number of aromatic amines is 2. The van der Waals surface area contributed by atoms with Crippen LogP contribution in [0.5, 0.6) is 17.5 Å². The first-order chi connectivity index (χ1) is 26.0. The average Bonchev–Trinajstić information content (AvgIpc) is 3.16. The van der Waals surface area contributed by atoms with Gasteiger partial charge in [-0.3, -0.25) is 38.6 Å². The molecular formula is C39H34Cl2N6O5S2.